The molecule has 0 aromatic carbocycles. The first-order chi connectivity index (χ1) is 4.62. The zero-order chi connectivity index (χ0) is 7.61. The normalized spacial score (nSPS) is 35.7. The molecular weight excluding hydrogens is 152 g/mol. The Bertz CT molecular complexity index is 200. The van der Waals surface area contributed by atoms with Gasteiger partial charge in [0, 0.05) is 6.20 Å². The summed E-state index contributed by atoms with van der Waals surface area (Å²) in [7, 11) is -1.67. The highest BCUT2D eigenvalue weighted by Crippen LogP contribution is 2.40. The fourth-order valence-corrected chi connectivity index (χ4v) is 1.89. The molecule has 0 amide bonds. The van der Waals surface area contributed by atoms with Crippen LogP contribution in [0.2, 0.25) is 0 Å². The number of hydrogen-bond donors (Lipinski definition) is 2. The Morgan fingerprint density at radius 3 is 2.90 bits per heavy atom. The number of aliphatic imine (C=N–C) groups is 1. The molecule has 56 valence electrons. The summed E-state index contributed by atoms with van der Waals surface area (Å²) < 4.78 is 0. The Labute approximate surface area is 59.9 Å². The summed E-state index contributed by atoms with van der Waals surface area (Å²) in [6.45, 7) is 0. The van der Waals surface area contributed by atoms with Crippen LogP contribution in [-0.4, -0.2) is 22.4 Å². The molecule has 1 atom stereocenters. The van der Waals surface area contributed by atoms with E-state index >= 15 is 0 Å². The van der Waals surface area contributed by atoms with Gasteiger partial charge in [0.2, 0.25) is 0 Å². The molecule has 1 aliphatic rings. The first-order valence-corrected chi connectivity index (χ1v) is 4.62. The van der Waals surface area contributed by atoms with Crippen LogP contribution in [0.25, 0.3) is 0 Å². The number of nitrogens with zero attached hydrogens (tertiary/aromatic N) is 1. The van der Waals surface area contributed by atoms with Crippen LogP contribution in [0.15, 0.2) is 16.6 Å². The van der Waals surface area contributed by atoms with Gasteiger partial charge in [-0.25, -0.2) is 0 Å². The molecule has 0 spiro atoms. The van der Waals surface area contributed by atoms with E-state index in [4.69, 9.17) is 10.2 Å². The Kier molecular flexibility index (Phi) is 1.78. The monoisotopic (exact) mass is 160 g/mol. The molecule has 0 saturated heterocycles. The highest BCUT2D eigenvalue weighted by molar-refractivity contribution is 8.45. The lowest BCUT2D eigenvalue weighted by atomic mass is 10.8. The maximum Gasteiger partial charge on any atom is 0.313 e. The van der Waals surface area contributed by atoms with Crippen LogP contribution < -0.4 is 5.14 Å². The topological polar surface area (TPSA) is 75.7 Å². The molecule has 1 unspecified atom stereocenters. The molecule has 0 aromatic heterocycles. The predicted molar refractivity (Wildman–Crippen MR) is 41.9 cm³/mol. The van der Waals surface area contributed by atoms with Gasteiger partial charge in [0.05, 0.1) is 11.3 Å². The summed E-state index contributed by atoms with van der Waals surface area (Å²) in [6.07, 6.45) is 1.54. The van der Waals surface area contributed by atoms with E-state index in [1.807, 2.05) is 0 Å². The van der Waals surface area contributed by atoms with Gasteiger partial charge in [-0.15, -0.1) is 10.2 Å². The third-order valence-corrected chi connectivity index (χ3v) is 2.92. The molecule has 0 aromatic rings. The van der Waals surface area contributed by atoms with Gasteiger partial charge in [-0.1, -0.05) is 0 Å². The Hall–Kier alpha value is -0.810. The third kappa shape index (κ3) is 1.58. The largest absolute Gasteiger partial charge is 0.481 e. The number of carbonyl (C=O) groups is 1. The molecule has 10 heavy (non-hydrogen) atoms. The smallest absolute Gasteiger partial charge is 0.313 e. The van der Waals surface area contributed by atoms with Gasteiger partial charge in [-0.05, 0) is 5.41 Å². The van der Waals surface area contributed by atoms with Crippen LogP contribution in [0.3, 0.4) is 0 Å². The summed E-state index contributed by atoms with van der Waals surface area (Å²) in [5.74, 6) is -0.900. The molecule has 1 aliphatic heterocycles. The van der Waals surface area contributed by atoms with Crippen molar-refractivity contribution >= 4 is 21.7 Å². The highest BCUT2D eigenvalue weighted by Gasteiger charge is 2.19. The van der Waals surface area contributed by atoms with E-state index in [1.165, 1.54) is 11.7 Å². The molecule has 0 aliphatic carbocycles. The maximum absolute atomic E-state index is 10.2. The van der Waals surface area contributed by atoms with Crippen molar-refractivity contribution < 1.29 is 9.90 Å². The lowest BCUT2D eigenvalue weighted by molar-refractivity contribution is -0.133. The van der Waals surface area contributed by atoms with Crippen molar-refractivity contribution in [1.82, 2.24) is 0 Å². The maximum atomic E-state index is 10.2. The molecule has 0 radical (unpaired) electrons. The van der Waals surface area contributed by atoms with Gasteiger partial charge in [-0.3, -0.25) is 14.9 Å². The van der Waals surface area contributed by atoms with Crippen molar-refractivity contribution in [2.45, 2.75) is 0 Å². The van der Waals surface area contributed by atoms with E-state index < -0.39 is 16.2 Å². The number of hydrogen-bond acceptors (Lipinski definition) is 3. The number of carboxylic acids is 1. The lowest BCUT2D eigenvalue weighted by Crippen LogP contribution is -2.17. The molecule has 0 bridgehead atoms. The molecule has 1 heterocycles. The van der Waals surface area contributed by atoms with E-state index in [-0.39, 0.29) is 5.75 Å². The second-order valence-corrected chi connectivity index (χ2v) is 4.57. The molecule has 3 N–H and O–H groups in total. The van der Waals surface area contributed by atoms with Crippen molar-refractivity contribution in [3.63, 3.8) is 0 Å². The van der Waals surface area contributed by atoms with Crippen LogP contribution >= 0.6 is 10.2 Å². The van der Waals surface area contributed by atoms with Crippen LogP contribution in [0.1, 0.15) is 0 Å². The van der Waals surface area contributed by atoms with Gasteiger partial charge >= 0.3 is 5.97 Å². The fourth-order valence-electron chi connectivity index (χ4n) is 0.631. The zero-order valence-corrected chi connectivity index (χ0v) is 6.04. The number of carboxylic acid groups (broad SMARTS) is 1. The van der Waals surface area contributed by atoms with Gasteiger partial charge in [-0.2, -0.15) is 0 Å². The minimum absolute atomic E-state index is 0.0208. The van der Waals surface area contributed by atoms with Gasteiger partial charge in [0.1, 0.15) is 0 Å². The van der Waals surface area contributed by atoms with Crippen molar-refractivity contribution in [3.05, 3.63) is 11.6 Å². The minimum Gasteiger partial charge on any atom is -0.481 e. The average Bonchev–Trinajstić information content (AvgIpc) is 2.12. The standard InChI is InChI=1S/C5H8N2O2S/c6-10(3-5(8)9)2-1-7-4-10/h1-2,4H,3,6H2,(H,8,9). The summed E-state index contributed by atoms with van der Waals surface area (Å²) in [5.41, 5.74) is 1.52. The number of rotatable bonds is 2. The summed E-state index contributed by atoms with van der Waals surface area (Å²) >= 11 is 0. The second-order valence-electron chi connectivity index (χ2n) is 1.99. The van der Waals surface area contributed by atoms with E-state index in [2.05, 4.69) is 4.99 Å². The van der Waals surface area contributed by atoms with Gasteiger partial charge in [0.15, 0.2) is 0 Å². The Morgan fingerprint density at radius 1 is 1.80 bits per heavy atom. The first kappa shape index (κ1) is 7.30. The second kappa shape index (κ2) is 2.43. The highest BCUT2D eigenvalue weighted by atomic mass is 32.3. The molecule has 0 fully saturated rings. The third-order valence-electron chi connectivity index (χ3n) is 1.03. The van der Waals surface area contributed by atoms with Crippen molar-refractivity contribution in [1.29, 1.82) is 0 Å². The van der Waals surface area contributed by atoms with Crippen molar-refractivity contribution in [2.75, 3.05) is 5.75 Å². The minimum atomic E-state index is -1.67. The predicted octanol–water partition coefficient (Wildman–Crippen LogP) is 0.262. The number of nitrogens with two attached hydrogens (primary N) is 1. The molecule has 1 rings (SSSR count). The van der Waals surface area contributed by atoms with E-state index in [0.29, 0.717) is 0 Å². The Balaban J connectivity index is 2.62. The van der Waals surface area contributed by atoms with E-state index in [9.17, 15) is 4.79 Å². The van der Waals surface area contributed by atoms with Gasteiger partial charge < -0.3 is 5.11 Å². The van der Waals surface area contributed by atoms with E-state index in [0.717, 1.165) is 0 Å². The molecule has 4 nitrogen and oxygen atoms in total. The molecule has 0 saturated carbocycles. The molecular formula is C5H8N2O2S. The summed E-state index contributed by atoms with van der Waals surface area (Å²) in [6, 6.07) is 0. The van der Waals surface area contributed by atoms with Crippen LogP contribution in [-0.2, 0) is 4.79 Å². The average molecular weight is 160 g/mol. The SMILES string of the molecule is NS1(CC(=O)O)C=CN=C1. The first-order valence-electron chi connectivity index (χ1n) is 2.63. The summed E-state index contributed by atoms with van der Waals surface area (Å²) in [5, 5.41) is 15.7. The zero-order valence-electron chi connectivity index (χ0n) is 5.23. The van der Waals surface area contributed by atoms with Crippen molar-refractivity contribution in [2.24, 2.45) is 10.1 Å². The van der Waals surface area contributed by atoms with E-state index in [1.54, 1.807) is 5.41 Å². The fraction of sp³-hybridized carbons (Fsp3) is 0.200. The summed E-state index contributed by atoms with van der Waals surface area (Å²) in [4.78, 5) is 13.9. The quantitative estimate of drug-likeness (QED) is 0.608. The lowest BCUT2D eigenvalue weighted by Gasteiger charge is -2.20. The Morgan fingerprint density at radius 2 is 2.50 bits per heavy atom. The van der Waals surface area contributed by atoms with Gasteiger partial charge in [0.25, 0.3) is 0 Å². The van der Waals surface area contributed by atoms with Crippen LogP contribution in [0.4, 0.5) is 0 Å². The van der Waals surface area contributed by atoms with Crippen LogP contribution in [0, 0.1) is 0 Å². The number of aliphatic carboxylic acids is 1. The molecule has 5 heteroatoms. The van der Waals surface area contributed by atoms with Crippen LogP contribution in [0.5, 0.6) is 0 Å². The van der Waals surface area contributed by atoms with Crippen molar-refractivity contribution in [3.8, 4) is 0 Å².